The van der Waals surface area contributed by atoms with Crippen molar-refractivity contribution in [3.8, 4) is 11.5 Å². The zero-order valence-corrected chi connectivity index (χ0v) is 13.1. The van der Waals surface area contributed by atoms with Crippen LogP contribution in [0.2, 0.25) is 5.02 Å². The average Bonchev–Trinajstić information content (AvgIpc) is 2.43. The lowest BCUT2D eigenvalue weighted by Gasteiger charge is -2.09. The highest BCUT2D eigenvalue weighted by Crippen LogP contribution is 2.38. The van der Waals surface area contributed by atoms with Crippen molar-refractivity contribution in [2.75, 3.05) is 6.61 Å². The van der Waals surface area contributed by atoms with Gasteiger partial charge >= 0.3 is 0 Å². The molecular weight excluding hydrogens is 292 g/mol. The number of hydrogen-bond donors (Lipinski definition) is 1. The molecule has 0 saturated carbocycles. The Morgan fingerprint density at radius 3 is 2.60 bits per heavy atom. The van der Waals surface area contributed by atoms with Crippen molar-refractivity contribution in [3.05, 3.63) is 47.0 Å². The quantitative estimate of drug-likeness (QED) is 0.827. The van der Waals surface area contributed by atoms with Crippen LogP contribution in [0, 0.1) is 0 Å². The van der Waals surface area contributed by atoms with Crippen molar-refractivity contribution in [2.24, 2.45) is 0 Å². The molecule has 2 rings (SSSR count). The van der Waals surface area contributed by atoms with E-state index < -0.39 is 0 Å². The molecule has 0 bridgehead atoms. The fourth-order valence-corrected chi connectivity index (χ4v) is 3.13. The van der Waals surface area contributed by atoms with Gasteiger partial charge in [0.15, 0.2) is 0 Å². The van der Waals surface area contributed by atoms with Crippen LogP contribution in [0.4, 0.5) is 0 Å². The van der Waals surface area contributed by atoms with Crippen molar-refractivity contribution in [1.82, 2.24) is 0 Å². The number of phenols is 1. The summed E-state index contributed by atoms with van der Waals surface area (Å²) in [5, 5.41) is 10.7. The standard InChI is InChI=1S/C16H17ClO2S/c1-3-11-5-7-13(10-14(11)17)20-16-9-12(19-4-2)6-8-15(16)18/h5-10,18H,3-4H2,1-2H3. The molecular formula is C16H17ClO2S. The molecule has 2 nitrogen and oxygen atoms in total. The Balaban J connectivity index is 2.24. The highest BCUT2D eigenvalue weighted by Gasteiger charge is 2.07. The Kier molecular flexibility index (Phi) is 5.21. The summed E-state index contributed by atoms with van der Waals surface area (Å²) in [6.07, 6.45) is 0.912. The maximum atomic E-state index is 9.93. The minimum absolute atomic E-state index is 0.245. The number of hydrogen-bond acceptors (Lipinski definition) is 3. The van der Waals surface area contributed by atoms with Crippen LogP contribution in [0.15, 0.2) is 46.2 Å². The number of phenolic OH excluding ortho intramolecular Hbond substituents is 1. The largest absolute Gasteiger partial charge is 0.507 e. The lowest BCUT2D eigenvalue weighted by atomic mass is 10.2. The van der Waals surface area contributed by atoms with Gasteiger partial charge in [-0.2, -0.15) is 0 Å². The molecule has 2 aromatic rings. The molecule has 0 aliphatic carbocycles. The second-order valence-corrected chi connectivity index (χ2v) is 5.79. The van der Waals surface area contributed by atoms with Crippen LogP contribution in [0.25, 0.3) is 0 Å². The van der Waals surface area contributed by atoms with Crippen LogP contribution in [-0.2, 0) is 6.42 Å². The van der Waals surface area contributed by atoms with Crippen LogP contribution < -0.4 is 4.74 Å². The lowest BCUT2D eigenvalue weighted by molar-refractivity contribution is 0.338. The first kappa shape index (κ1) is 15.1. The molecule has 0 heterocycles. The molecule has 0 unspecified atom stereocenters. The van der Waals surface area contributed by atoms with E-state index in [4.69, 9.17) is 16.3 Å². The van der Waals surface area contributed by atoms with Gasteiger partial charge in [0.05, 0.1) is 11.5 Å². The Hall–Kier alpha value is -1.32. The molecule has 0 aliphatic rings. The zero-order valence-electron chi connectivity index (χ0n) is 11.5. The van der Waals surface area contributed by atoms with Crippen LogP contribution in [0.3, 0.4) is 0 Å². The number of halogens is 1. The van der Waals surface area contributed by atoms with Gasteiger partial charge < -0.3 is 9.84 Å². The summed E-state index contributed by atoms with van der Waals surface area (Å²) in [5.41, 5.74) is 1.13. The normalized spacial score (nSPS) is 10.6. The number of ether oxygens (including phenoxy) is 1. The van der Waals surface area contributed by atoms with Gasteiger partial charge in [0.1, 0.15) is 11.5 Å². The molecule has 20 heavy (non-hydrogen) atoms. The summed E-state index contributed by atoms with van der Waals surface area (Å²) in [6, 6.07) is 11.2. The second-order valence-electron chi connectivity index (χ2n) is 4.27. The SMILES string of the molecule is CCOc1ccc(O)c(Sc2ccc(CC)c(Cl)c2)c1. The predicted octanol–water partition coefficient (Wildman–Crippen LogP) is 5.16. The van der Waals surface area contributed by atoms with Gasteiger partial charge in [-0.3, -0.25) is 0 Å². The third kappa shape index (κ3) is 3.62. The summed E-state index contributed by atoms with van der Waals surface area (Å²) < 4.78 is 5.45. The lowest BCUT2D eigenvalue weighted by Crippen LogP contribution is -1.91. The molecule has 0 aromatic heterocycles. The molecule has 0 spiro atoms. The summed E-state index contributed by atoms with van der Waals surface area (Å²) in [4.78, 5) is 1.76. The van der Waals surface area contributed by atoms with E-state index in [-0.39, 0.29) is 5.75 Å². The van der Waals surface area contributed by atoms with Crippen molar-refractivity contribution in [3.63, 3.8) is 0 Å². The van der Waals surface area contributed by atoms with Gasteiger partial charge in [0.25, 0.3) is 0 Å². The third-order valence-electron chi connectivity index (χ3n) is 2.88. The van der Waals surface area contributed by atoms with Crippen LogP contribution in [0.1, 0.15) is 19.4 Å². The van der Waals surface area contributed by atoms with Gasteiger partial charge in [-0.15, -0.1) is 0 Å². The highest BCUT2D eigenvalue weighted by atomic mass is 35.5. The van der Waals surface area contributed by atoms with Gasteiger partial charge in [0, 0.05) is 9.92 Å². The van der Waals surface area contributed by atoms with Gasteiger partial charge in [-0.1, -0.05) is 36.4 Å². The van der Waals surface area contributed by atoms with E-state index in [1.165, 1.54) is 11.8 Å². The molecule has 106 valence electrons. The van der Waals surface area contributed by atoms with Crippen molar-refractivity contribution < 1.29 is 9.84 Å². The first-order valence-electron chi connectivity index (χ1n) is 6.56. The maximum absolute atomic E-state index is 9.93. The molecule has 1 N–H and O–H groups in total. The Morgan fingerprint density at radius 1 is 1.15 bits per heavy atom. The average molecular weight is 309 g/mol. The first-order chi connectivity index (χ1) is 9.63. The number of aromatic hydroxyl groups is 1. The van der Waals surface area contributed by atoms with Gasteiger partial charge in [-0.25, -0.2) is 0 Å². The highest BCUT2D eigenvalue weighted by molar-refractivity contribution is 7.99. The molecule has 0 aliphatic heterocycles. The van der Waals surface area contributed by atoms with Crippen molar-refractivity contribution in [2.45, 2.75) is 30.1 Å². The summed E-state index contributed by atoms with van der Waals surface area (Å²) in [6.45, 7) is 4.61. The fourth-order valence-electron chi connectivity index (χ4n) is 1.84. The van der Waals surface area contributed by atoms with Crippen molar-refractivity contribution >= 4 is 23.4 Å². The summed E-state index contributed by atoms with van der Waals surface area (Å²) in [5.74, 6) is 0.998. The van der Waals surface area contributed by atoms with E-state index in [0.29, 0.717) is 6.61 Å². The van der Waals surface area contributed by atoms with Crippen LogP contribution in [0.5, 0.6) is 11.5 Å². The monoisotopic (exact) mass is 308 g/mol. The molecule has 4 heteroatoms. The fraction of sp³-hybridized carbons (Fsp3) is 0.250. The Bertz CT molecular complexity index is 599. The molecule has 0 amide bonds. The molecule has 0 radical (unpaired) electrons. The minimum atomic E-state index is 0.245. The van der Waals surface area contributed by atoms with E-state index >= 15 is 0 Å². The number of rotatable bonds is 5. The minimum Gasteiger partial charge on any atom is -0.507 e. The summed E-state index contributed by atoms with van der Waals surface area (Å²) >= 11 is 7.69. The van der Waals surface area contributed by atoms with E-state index in [0.717, 1.165) is 32.5 Å². The van der Waals surface area contributed by atoms with Gasteiger partial charge in [-0.05, 0) is 49.2 Å². The summed E-state index contributed by atoms with van der Waals surface area (Å²) in [7, 11) is 0. The van der Waals surface area contributed by atoms with Crippen molar-refractivity contribution in [1.29, 1.82) is 0 Å². The third-order valence-corrected chi connectivity index (χ3v) is 4.26. The van der Waals surface area contributed by atoms with Crippen LogP contribution >= 0.6 is 23.4 Å². The van der Waals surface area contributed by atoms with Gasteiger partial charge in [0.2, 0.25) is 0 Å². The molecule has 0 fully saturated rings. The molecule has 0 atom stereocenters. The number of aryl methyl sites for hydroxylation is 1. The molecule has 2 aromatic carbocycles. The van der Waals surface area contributed by atoms with E-state index in [2.05, 4.69) is 6.92 Å². The topological polar surface area (TPSA) is 29.5 Å². The number of benzene rings is 2. The van der Waals surface area contributed by atoms with E-state index in [1.54, 1.807) is 12.1 Å². The molecule has 0 saturated heterocycles. The Labute approximate surface area is 128 Å². The first-order valence-corrected chi connectivity index (χ1v) is 7.75. The zero-order chi connectivity index (χ0) is 14.5. The smallest absolute Gasteiger partial charge is 0.129 e. The second kappa shape index (κ2) is 6.91. The maximum Gasteiger partial charge on any atom is 0.129 e. The Morgan fingerprint density at radius 2 is 1.95 bits per heavy atom. The van der Waals surface area contributed by atoms with E-state index in [1.807, 2.05) is 31.2 Å². The van der Waals surface area contributed by atoms with Crippen LogP contribution in [-0.4, -0.2) is 11.7 Å². The predicted molar refractivity (Wildman–Crippen MR) is 84.2 cm³/mol. The van der Waals surface area contributed by atoms with E-state index in [9.17, 15) is 5.11 Å².